The molecule has 2 fully saturated rings. The van der Waals surface area contributed by atoms with Crippen molar-refractivity contribution in [2.45, 2.75) is 47.4 Å². The van der Waals surface area contributed by atoms with E-state index in [2.05, 4.69) is 19.9 Å². The zero-order valence-electron chi connectivity index (χ0n) is 16.9. The molecular formula is C20H21Cl2F2N7S. The minimum atomic E-state index is -2.67. The number of fused-ring (bicyclic) bond motifs is 1. The summed E-state index contributed by atoms with van der Waals surface area (Å²) in [6.45, 7) is 1.22. The predicted molar refractivity (Wildman–Crippen MR) is 122 cm³/mol. The Morgan fingerprint density at radius 3 is 2.59 bits per heavy atom. The maximum atomic E-state index is 14.0. The number of alkyl halides is 2. The van der Waals surface area contributed by atoms with Crippen LogP contribution in [0.2, 0.25) is 10.2 Å². The van der Waals surface area contributed by atoms with Gasteiger partial charge in [0.05, 0.1) is 9.92 Å². The van der Waals surface area contributed by atoms with E-state index in [4.69, 9.17) is 34.7 Å². The third-order valence-electron chi connectivity index (χ3n) is 6.46. The predicted octanol–water partition coefficient (Wildman–Crippen LogP) is 4.51. The SMILES string of the molecule is Nc1cc(Sc2cnc(N3CCC4(CC3)CC(F)(F)CC4N)n3ccnc23)c(Cl)c(Cl)n1. The second kappa shape index (κ2) is 7.86. The van der Waals surface area contributed by atoms with Gasteiger partial charge in [0.25, 0.3) is 0 Å². The smallest absolute Gasteiger partial charge is 0.250 e. The van der Waals surface area contributed by atoms with Crippen LogP contribution in [0.5, 0.6) is 0 Å². The lowest BCUT2D eigenvalue weighted by molar-refractivity contribution is -0.00685. The molecule has 0 radical (unpaired) electrons. The van der Waals surface area contributed by atoms with Crippen LogP contribution in [-0.4, -0.2) is 44.4 Å². The van der Waals surface area contributed by atoms with Crippen molar-refractivity contribution < 1.29 is 8.78 Å². The van der Waals surface area contributed by atoms with Gasteiger partial charge in [0, 0.05) is 55.5 Å². The van der Waals surface area contributed by atoms with Crippen LogP contribution >= 0.6 is 35.0 Å². The van der Waals surface area contributed by atoms with Crippen molar-refractivity contribution in [2.75, 3.05) is 23.7 Å². The highest BCUT2D eigenvalue weighted by molar-refractivity contribution is 7.99. The zero-order chi connectivity index (χ0) is 22.7. The first-order valence-corrected chi connectivity index (χ1v) is 11.7. The van der Waals surface area contributed by atoms with Crippen molar-refractivity contribution in [2.24, 2.45) is 11.1 Å². The van der Waals surface area contributed by atoms with Gasteiger partial charge in [0.15, 0.2) is 10.8 Å². The number of anilines is 2. The van der Waals surface area contributed by atoms with E-state index in [1.54, 1.807) is 18.5 Å². The van der Waals surface area contributed by atoms with Crippen molar-refractivity contribution in [3.05, 3.63) is 34.8 Å². The molecule has 3 aromatic rings. The van der Waals surface area contributed by atoms with Gasteiger partial charge in [-0.3, -0.25) is 4.40 Å². The van der Waals surface area contributed by atoms with E-state index in [1.165, 1.54) is 11.8 Å². The van der Waals surface area contributed by atoms with Gasteiger partial charge in [0.1, 0.15) is 5.82 Å². The summed E-state index contributed by atoms with van der Waals surface area (Å²) in [4.78, 5) is 16.6. The number of imidazole rings is 1. The third kappa shape index (κ3) is 3.76. The summed E-state index contributed by atoms with van der Waals surface area (Å²) in [5.41, 5.74) is 12.1. The van der Waals surface area contributed by atoms with E-state index < -0.39 is 17.4 Å². The molecule has 1 atom stereocenters. The van der Waals surface area contributed by atoms with Gasteiger partial charge in [0.2, 0.25) is 11.9 Å². The molecule has 1 saturated heterocycles. The number of aromatic nitrogens is 4. The third-order valence-corrected chi connectivity index (χ3v) is 8.37. The van der Waals surface area contributed by atoms with Crippen LogP contribution in [0.4, 0.5) is 20.5 Å². The van der Waals surface area contributed by atoms with Gasteiger partial charge in [-0.15, -0.1) is 0 Å². The van der Waals surface area contributed by atoms with Crippen LogP contribution in [0.25, 0.3) is 5.65 Å². The number of nitrogens with zero attached hydrogens (tertiary/aromatic N) is 5. The Hall–Kier alpha value is -1.88. The zero-order valence-corrected chi connectivity index (χ0v) is 19.3. The maximum absolute atomic E-state index is 14.0. The van der Waals surface area contributed by atoms with Gasteiger partial charge >= 0.3 is 0 Å². The highest BCUT2D eigenvalue weighted by atomic mass is 35.5. The summed E-state index contributed by atoms with van der Waals surface area (Å²) in [6, 6.07) is 1.18. The summed E-state index contributed by atoms with van der Waals surface area (Å²) in [5.74, 6) is -1.69. The topological polar surface area (TPSA) is 98.4 Å². The lowest BCUT2D eigenvalue weighted by atomic mass is 9.74. The Labute approximate surface area is 197 Å². The molecule has 32 heavy (non-hydrogen) atoms. The minimum absolute atomic E-state index is 0.128. The summed E-state index contributed by atoms with van der Waals surface area (Å²) >= 11 is 13.7. The summed E-state index contributed by atoms with van der Waals surface area (Å²) in [6.07, 6.45) is 6.12. The molecule has 5 rings (SSSR count). The molecule has 170 valence electrons. The van der Waals surface area contributed by atoms with Gasteiger partial charge in [-0.2, -0.15) is 0 Å². The van der Waals surface area contributed by atoms with Gasteiger partial charge in [-0.1, -0.05) is 35.0 Å². The Kier molecular flexibility index (Phi) is 5.39. The number of piperidine rings is 1. The van der Waals surface area contributed by atoms with Crippen LogP contribution in [0, 0.1) is 5.41 Å². The van der Waals surface area contributed by atoms with Crippen molar-refractivity contribution in [1.29, 1.82) is 0 Å². The van der Waals surface area contributed by atoms with Crippen molar-refractivity contribution >= 4 is 52.4 Å². The van der Waals surface area contributed by atoms with E-state index >= 15 is 0 Å². The highest BCUT2D eigenvalue weighted by Gasteiger charge is 2.55. The molecule has 7 nitrogen and oxygen atoms in total. The molecule has 1 aliphatic carbocycles. The number of hydrogen-bond donors (Lipinski definition) is 2. The van der Waals surface area contributed by atoms with E-state index in [-0.39, 0.29) is 23.8 Å². The Morgan fingerprint density at radius 2 is 1.91 bits per heavy atom. The van der Waals surface area contributed by atoms with Gasteiger partial charge in [-0.05, 0) is 24.3 Å². The Balaban J connectivity index is 1.40. The minimum Gasteiger partial charge on any atom is -0.384 e. The van der Waals surface area contributed by atoms with Crippen LogP contribution in [0.15, 0.2) is 34.4 Å². The molecule has 0 amide bonds. The number of nitrogens with two attached hydrogens (primary N) is 2. The molecule has 12 heteroatoms. The van der Waals surface area contributed by atoms with E-state index in [0.29, 0.717) is 47.4 Å². The van der Waals surface area contributed by atoms with Gasteiger partial charge < -0.3 is 16.4 Å². The first-order valence-electron chi connectivity index (χ1n) is 10.2. The largest absolute Gasteiger partial charge is 0.384 e. The maximum Gasteiger partial charge on any atom is 0.250 e. The number of hydrogen-bond acceptors (Lipinski definition) is 7. The van der Waals surface area contributed by atoms with E-state index in [9.17, 15) is 8.78 Å². The molecule has 4 heterocycles. The summed E-state index contributed by atoms with van der Waals surface area (Å²) < 4.78 is 29.8. The second-order valence-electron chi connectivity index (χ2n) is 8.49. The van der Waals surface area contributed by atoms with Crippen LogP contribution in [0.1, 0.15) is 25.7 Å². The first-order chi connectivity index (χ1) is 15.2. The standard InChI is InChI=1S/C20H21Cl2F2N7S/c21-15-11(7-14(26)29-16(15)22)32-12-9-28-18(31-6-3-27-17(12)31)30-4-1-19(2-5-30)10-20(23,24)8-13(19)25/h3,6-7,9,13H,1-2,4-5,8,10,25H2,(H2,26,29). The molecule has 1 spiro atoms. The fraction of sp³-hybridized carbons (Fsp3) is 0.450. The normalized spacial score (nSPS) is 22.2. The summed E-state index contributed by atoms with van der Waals surface area (Å²) in [7, 11) is 0. The second-order valence-corrected chi connectivity index (χ2v) is 10.3. The molecule has 4 N–H and O–H groups in total. The molecule has 2 aliphatic rings. The molecule has 0 aromatic carbocycles. The number of nitrogen functional groups attached to an aromatic ring is 1. The molecular weight excluding hydrogens is 479 g/mol. The van der Waals surface area contributed by atoms with Crippen molar-refractivity contribution in [3.63, 3.8) is 0 Å². The highest BCUT2D eigenvalue weighted by Crippen LogP contribution is 2.52. The number of rotatable bonds is 3. The van der Waals surface area contributed by atoms with Crippen LogP contribution in [-0.2, 0) is 0 Å². The fourth-order valence-corrected chi connectivity index (χ4v) is 6.25. The molecule has 1 aliphatic heterocycles. The van der Waals surface area contributed by atoms with E-state index in [1.807, 2.05) is 10.6 Å². The molecule has 3 aromatic heterocycles. The Morgan fingerprint density at radius 1 is 1.16 bits per heavy atom. The monoisotopic (exact) mass is 499 g/mol. The fourth-order valence-electron chi connectivity index (χ4n) is 4.83. The van der Waals surface area contributed by atoms with Crippen LogP contribution in [0.3, 0.4) is 0 Å². The molecule has 1 unspecified atom stereocenters. The molecule has 1 saturated carbocycles. The molecule has 0 bridgehead atoms. The number of pyridine rings is 1. The average molecular weight is 500 g/mol. The van der Waals surface area contributed by atoms with E-state index in [0.717, 1.165) is 4.90 Å². The van der Waals surface area contributed by atoms with Crippen LogP contribution < -0.4 is 16.4 Å². The van der Waals surface area contributed by atoms with Gasteiger partial charge in [-0.25, -0.2) is 23.7 Å². The average Bonchev–Trinajstić information content (AvgIpc) is 3.30. The summed E-state index contributed by atoms with van der Waals surface area (Å²) in [5, 5.41) is 0.446. The van der Waals surface area contributed by atoms with Crippen molar-refractivity contribution in [1.82, 2.24) is 19.4 Å². The lowest BCUT2D eigenvalue weighted by Crippen LogP contribution is -2.47. The first kappa shape index (κ1) is 21.9. The lowest BCUT2D eigenvalue weighted by Gasteiger charge is -2.42. The quantitative estimate of drug-likeness (QED) is 0.511. The number of halogens is 4. The van der Waals surface area contributed by atoms with Crippen molar-refractivity contribution in [3.8, 4) is 0 Å². The Bertz CT molecular complexity index is 1180.